The summed E-state index contributed by atoms with van der Waals surface area (Å²) in [5.41, 5.74) is 0.00997. The minimum atomic E-state index is -3.62. The predicted molar refractivity (Wildman–Crippen MR) is 78.8 cm³/mol. The van der Waals surface area contributed by atoms with Crippen molar-refractivity contribution in [2.45, 2.75) is 44.6 Å². The molecule has 0 aromatic carbocycles. The molecule has 1 saturated carbocycles. The fourth-order valence-electron chi connectivity index (χ4n) is 2.57. The zero-order valence-corrected chi connectivity index (χ0v) is 13.3. The molecular weight excluding hydrogens is 292 g/mol. The molecule has 1 aromatic rings. The van der Waals surface area contributed by atoms with Gasteiger partial charge in [0, 0.05) is 25.8 Å². The van der Waals surface area contributed by atoms with E-state index in [0.29, 0.717) is 25.6 Å². The van der Waals surface area contributed by atoms with Crippen LogP contribution in [0.5, 0.6) is 0 Å². The second-order valence-electron chi connectivity index (χ2n) is 5.40. The Hall–Kier alpha value is -1.34. The molecule has 118 valence electrons. The highest BCUT2D eigenvalue weighted by atomic mass is 32.2. The van der Waals surface area contributed by atoms with Gasteiger partial charge in [-0.05, 0) is 31.7 Å². The van der Waals surface area contributed by atoms with Gasteiger partial charge >= 0.3 is 5.97 Å². The summed E-state index contributed by atoms with van der Waals surface area (Å²) in [5, 5.41) is 9.13. The molecule has 0 radical (unpaired) electrons. The Morgan fingerprint density at radius 2 is 2.10 bits per heavy atom. The molecule has 0 amide bonds. The first-order valence-electron chi connectivity index (χ1n) is 7.33. The Labute approximate surface area is 125 Å². The van der Waals surface area contributed by atoms with Crippen LogP contribution in [0.3, 0.4) is 0 Å². The fourth-order valence-corrected chi connectivity index (χ4v) is 4.14. The quantitative estimate of drug-likeness (QED) is 0.835. The summed E-state index contributed by atoms with van der Waals surface area (Å²) in [5.74, 6) is -0.674. The van der Waals surface area contributed by atoms with E-state index >= 15 is 0 Å². The second-order valence-corrected chi connectivity index (χ2v) is 7.34. The Balaban J connectivity index is 2.30. The number of aromatic nitrogens is 1. The van der Waals surface area contributed by atoms with Crippen molar-refractivity contribution in [3.8, 4) is 0 Å². The van der Waals surface area contributed by atoms with E-state index in [1.54, 1.807) is 6.92 Å². The van der Waals surface area contributed by atoms with Crippen LogP contribution < -0.4 is 0 Å². The monoisotopic (exact) mass is 314 g/mol. The van der Waals surface area contributed by atoms with E-state index in [9.17, 15) is 13.2 Å². The molecule has 1 aliphatic rings. The lowest BCUT2D eigenvalue weighted by Gasteiger charge is -2.30. The van der Waals surface area contributed by atoms with E-state index in [2.05, 4.69) is 0 Å². The zero-order valence-electron chi connectivity index (χ0n) is 12.4. The van der Waals surface area contributed by atoms with Gasteiger partial charge in [0.25, 0.3) is 0 Å². The molecule has 7 heteroatoms. The van der Waals surface area contributed by atoms with E-state index in [1.807, 2.05) is 6.92 Å². The van der Waals surface area contributed by atoms with Gasteiger partial charge in [0.1, 0.15) is 10.6 Å². The molecule has 1 aromatic heterocycles. The summed E-state index contributed by atoms with van der Waals surface area (Å²) in [4.78, 5) is 11.2. The van der Waals surface area contributed by atoms with Crippen LogP contribution in [0.4, 0.5) is 0 Å². The average molecular weight is 314 g/mol. The van der Waals surface area contributed by atoms with Gasteiger partial charge in [-0.3, -0.25) is 0 Å². The smallest absolute Gasteiger partial charge is 0.352 e. The number of aryl methyl sites for hydroxylation is 1. The SMILES string of the molecule is CCN(CC1CCC1)S(=O)(=O)c1cc(C(=O)O)n(CC)c1. The van der Waals surface area contributed by atoms with Crippen LogP contribution in [0.25, 0.3) is 0 Å². The van der Waals surface area contributed by atoms with Crippen LogP contribution in [0.15, 0.2) is 17.2 Å². The van der Waals surface area contributed by atoms with Crippen LogP contribution in [-0.2, 0) is 16.6 Å². The molecule has 0 bridgehead atoms. The van der Waals surface area contributed by atoms with E-state index in [-0.39, 0.29) is 10.6 Å². The van der Waals surface area contributed by atoms with Crippen molar-refractivity contribution in [1.29, 1.82) is 0 Å². The van der Waals surface area contributed by atoms with Crippen molar-refractivity contribution < 1.29 is 18.3 Å². The first-order chi connectivity index (χ1) is 9.90. The third-order valence-corrected chi connectivity index (χ3v) is 6.01. The molecule has 1 aliphatic carbocycles. The Morgan fingerprint density at radius 3 is 2.48 bits per heavy atom. The topological polar surface area (TPSA) is 79.6 Å². The predicted octanol–water partition coefficient (Wildman–Crippen LogP) is 2.02. The number of rotatable bonds is 7. The molecule has 6 nitrogen and oxygen atoms in total. The molecule has 0 aliphatic heterocycles. The van der Waals surface area contributed by atoms with Crippen molar-refractivity contribution in [3.05, 3.63) is 18.0 Å². The number of sulfonamides is 1. The van der Waals surface area contributed by atoms with Gasteiger partial charge in [0.2, 0.25) is 10.0 Å². The van der Waals surface area contributed by atoms with Crippen LogP contribution in [0.1, 0.15) is 43.6 Å². The molecule has 0 atom stereocenters. The number of aromatic carboxylic acids is 1. The first kappa shape index (κ1) is 16.0. The number of carbonyl (C=O) groups is 1. The maximum Gasteiger partial charge on any atom is 0.352 e. The van der Waals surface area contributed by atoms with Gasteiger partial charge in [0.05, 0.1) is 0 Å². The number of carboxylic acid groups (broad SMARTS) is 1. The molecule has 1 fully saturated rings. The third kappa shape index (κ3) is 3.13. The van der Waals surface area contributed by atoms with Gasteiger partial charge in [0.15, 0.2) is 0 Å². The van der Waals surface area contributed by atoms with Gasteiger partial charge in [-0.25, -0.2) is 13.2 Å². The number of nitrogens with zero attached hydrogens (tertiary/aromatic N) is 2. The highest BCUT2D eigenvalue weighted by Crippen LogP contribution is 2.29. The van der Waals surface area contributed by atoms with Crippen molar-refractivity contribution in [2.75, 3.05) is 13.1 Å². The summed E-state index contributed by atoms with van der Waals surface area (Å²) in [6.07, 6.45) is 4.73. The summed E-state index contributed by atoms with van der Waals surface area (Å²) in [6.45, 7) is 4.95. The average Bonchev–Trinajstić information content (AvgIpc) is 2.82. The largest absolute Gasteiger partial charge is 0.477 e. The van der Waals surface area contributed by atoms with Crippen LogP contribution in [-0.4, -0.2) is 41.5 Å². The maximum absolute atomic E-state index is 12.7. The summed E-state index contributed by atoms with van der Waals surface area (Å²) >= 11 is 0. The number of hydrogen-bond donors (Lipinski definition) is 1. The lowest BCUT2D eigenvalue weighted by atomic mass is 9.85. The minimum Gasteiger partial charge on any atom is -0.477 e. The lowest BCUT2D eigenvalue weighted by Crippen LogP contribution is -2.37. The normalized spacial score (nSPS) is 16.1. The number of hydrogen-bond acceptors (Lipinski definition) is 3. The Morgan fingerprint density at radius 1 is 1.43 bits per heavy atom. The van der Waals surface area contributed by atoms with Gasteiger partial charge in [-0.15, -0.1) is 0 Å². The van der Waals surface area contributed by atoms with Crippen molar-refractivity contribution in [2.24, 2.45) is 5.92 Å². The molecular formula is C14H22N2O4S. The summed E-state index contributed by atoms with van der Waals surface area (Å²) < 4.78 is 28.2. The standard InChI is InChI=1S/C14H22N2O4S/c1-3-15-10-12(8-13(15)14(17)18)21(19,20)16(4-2)9-11-6-5-7-11/h8,10-11H,3-7,9H2,1-2H3,(H,17,18). The highest BCUT2D eigenvalue weighted by Gasteiger charge is 2.30. The Kier molecular flexibility index (Phi) is 4.73. The molecule has 1 N–H and O–H groups in total. The van der Waals surface area contributed by atoms with E-state index in [0.717, 1.165) is 19.3 Å². The summed E-state index contributed by atoms with van der Waals surface area (Å²) in [6, 6.07) is 1.25. The third-order valence-electron chi connectivity index (χ3n) is 4.11. The van der Waals surface area contributed by atoms with Crippen LogP contribution in [0.2, 0.25) is 0 Å². The minimum absolute atomic E-state index is 0.00997. The van der Waals surface area contributed by atoms with Crippen LogP contribution in [0, 0.1) is 5.92 Å². The van der Waals surface area contributed by atoms with Crippen molar-refractivity contribution in [3.63, 3.8) is 0 Å². The van der Waals surface area contributed by atoms with Gasteiger partial charge in [-0.2, -0.15) is 4.31 Å². The van der Waals surface area contributed by atoms with Gasteiger partial charge < -0.3 is 9.67 Å². The Bertz CT molecular complexity index is 617. The fraction of sp³-hybridized carbons (Fsp3) is 0.643. The molecule has 0 unspecified atom stereocenters. The lowest BCUT2D eigenvalue weighted by molar-refractivity contribution is 0.0685. The first-order valence-corrected chi connectivity index (χ1v) is 8.77. The van der Waals surface area contributed by atoms with Crippen LogP contribution >= 0.6 is 0 Å². The van der Waals surface area contributed by atoms with Gasteiger partial charge in [-0.1, -0.05) is 13.3 Å². The molecule has 1 heterocycles. The molecule has 21 heavy (non-hydrogen) atoms. The molecule has 2 rings (SSSR count). The highest BCUT2D eigenvalue weighted by molar-refractivity contribution is 7.89. The maximum atomic E-state index is 12.7. The molecule has 0 spiro atoms. The van der Waals surface area contributed by atoms with Crippen molar-refractivity contribution in [1.82, 2.24) is 8.87 Å². The second kappa shape index (κ2) is 6.19. The van der Waals surface area contributed by atoms with Crippen molar-refractivity contribution >= 4 is 16.0 Å². The summed E-state index contributed by atoms with van der Waals surface area (Å²) in [7, 11) is -3.62. The van der Waals surface area contributed by atoms with E-state index in [4.69, 9.17) is 5.11 Å². The number of carboxylic acids is 1. The van der Waals surface area contributed by atoms with E-state index < -0.39 is 16.0 Å². The molecule has 0 saturated heterocycles. The zero-order chi connectivity index (χ0) is 15.6. The van der Waals surface area contributed by atoms with E-state index in [1.165, 1.54) is 21.1 Å².